The molecule has 1 rings (SSSR count). The third-order valence-electron chi connectivity index (χ3n) is 0.932. The minimum Gasteiger partial charge on any atom is -0.197 e. The summed E-state index contributed by atoms with van der Waals surface area (Å²) >= 11 is 4.00. The van der Waals surface area contributed by atoms with Crippen molar-refractivity contribution in [2.75, 3.05) is 0 Å². The van der Waals surface area contributed by atoms with Crippen molar-refractivity contribution in [3.05, 3.63) is 0 Å². The molecule has 1 fully saturated rings. The fourth-order valence-electron chi connectivity index (χ4n) is 0.230. The second kappa shape index (κ2) is 0.913. The molecule has 0 atom stereocenters. The molecule has 0 aromatic rings. The van der Waals surface area contributed by atoms with Crippen LogP contribution >= 0.6 is 12.6 Å². The van der Waals surface area contributed by atoms with E-state index in [-0.39, 0.29) is 4.75 Å². The lowest BCUT2D eigenvalue weighted by atomic mass is 10.5. The van der Waals surface area contributed by atoms with Crippen molar-refractivity contribution >= 4 is 12.6 Å². The van der Waals surface area contributed by atoms with E-state index in [1.807, 2.05) is 0 Å². The van der Waals surface area contributed by atoms with E-state index in [0.29, 0.717) is 0 Å². The summed E-state index contributed by atoms with van der Waals surface area (Å²) in [6.45, 7) is 0. The maximum Gasteiger partial charge on any atom is 0.0997 e. The van der Waals surface area contributed by atoms with Crippen LogP contribution in [0.4, 0.5) is 0 Å². The molecule has 0 aromatic heterocycles. The first-order valence-electron chi connectivity index (χ1n) is 1.90. The summed E-state index contributed by atoms with van der Waals surface area (Å²) in [5.41, 5.74) is 0. The summed E-state index contributed by atoms with van der Waals surface area (Å²) in [6.07, 6.45) is 1.96. The average Bonchev–Trinajstić information content (AvgIpc) is 2.22. The molecule has 0 saturated heterocycles. The van der Waals surface area contributed by atoms with Crippen LogP contribution in [0.3, 0.4) is 0 Å². The van der Waals surface area contributed by atoms with Gasteiger partial charge >= 0.3 is 0 Å². The van der Waals surface area contributed by atoms with Crippen molar-refractivity contribution in [1.82, 2.24) is 0 Å². The van der Waals surface area contributed by atoms with Crippen molar-refractivity contribution in [3.8, 4) is 6.07 Å². The predicted octanol–water partition coefficient (Wildman–Crippen LogP) is 0.972. The molecule has 0 aromatic carbocycles. The summed E-state index contributed by atoms with van der Waals surface area (Å²) in [6, 6.07) is 2.08. The second-order valence-electron chi connectivity index (χ2n) is 1.64. The molecule has 1 saturated carbocycles. The van der Waals surface area contributed by atoms with Crippen molar-refractivity contribution in [2.45, 2.75) is 17.6 Å². The number of nitriles is 1. The summed E-state index contributed by atoms with van der Waals surface area (Å²) in [5.74, 6) is 0. The van der Waals surface area contributed by atoms with Gasteiger partial charge in [-0.3, -0.25) is 0 Å². The fourth-order valence-corrected chi connectivity index (χ4v) is 0.342. The smallest absolute Gasteiger partial charge is 0.0997 e. The molecular weight excluding hydrogens is 94.1 g/mol. The zero-order chi connectivity index (χ0) is 4.62. The third kappa shape index (κ3) is 0.504. The molecule has 1 aliphatic carbocycles. The van der Waals surface area contributed by atoms with Gasteiger partial charge in [0.05, 0.1) is 10.8 Å². The molecule has 0 bridgehead atoms. The molecule has 0 N–H and O–H groups in total. The lowest BCUT2D eigenvalue weighted by Crippen LogP contribution is -1.86. The molecule has 1 aliphatic rings. The largest absolute Gasteiger partial charge is 0.197 e. The Morgan fingerprint density at radius 2 is 2.17 bits per heavy atom. The van der Waals surface area contributed by atoms with Crippen LogP contribution in [0.25, 0.3) is 0 Å². The topological polar surface area (TPSA) is 23.8 Å². The quantitative estimate of drug-likeness (QED) is 0.449. The molecule has 0 heterocycles. The van der Waals surface area contributed by atoms with Gasteiger partial charge in [0.25, 0.3) is 0 Å². The Bertz CT molecular complexity index is 98.6. The van der Waals surface area contributed by atoms with Gasteiger partial charge in [0.1, 0.15) is 0 Å². The second-order valence-corrected chi connectivity index (χ2v) is 2.50. The minimum atomic E-state index is -0.208. The van der Waals surface area contributed by atoms with Crippen molar-refractivity contribution in [3.63, 3.8) is 0 Å². The molecule has 0 aliphatic heterocycles. The highest BCUT2D eigenvalue weighted by Crippen LogP contribution is 2.40. The lowest BCUT2D eigenvalue weighted by Gasteiger charge is -1.81. The van der Waals surface area contributed by atoms with E-state index in [2.05, 4.69) is 18.7 Å². The van der Waals surface area contributed by atoms with Gasteiger partial charge in [-0.25, -0.2) is 0 Å². The highest BCUT2D eigenvalue weighted by Gasteiger charge is 2.38. The minimum absolute atomic E-state index is 0.208. The number of hydrogen-bond acceptors (Lipinski definition) is 2. The Hall–Kier alpha value is -0.160. The lowest BCUT2D eigenvalue weighted by molar-refractivity contribution is 1.21. The Labute approximate surface area is 42.4 Å². The van der Waals surface area contributed by atoms with Crippen LogP contribution in [0.15, 0.2) is 0 Å². The van der Waals surface area contributed by atoms with Crippen LogP contribution in [0.5, 0.6) is 0 Å². The highest BCUT2D eigenvalue weighted by atomic mass is 32.1. The van der Waals surface area contributed by atoms with Crippen LogP contribution in [-0.2, 0) is 0 Å². The van der Waals surface area contributed by atoms with Crippen molar-refractivity contribution < 1.29 is 0 Å². The highest BCUT2D eigenvalue weighted by molar-refractivity contribution is 7.82. The molecule has 32 valence electrons. The number of thiol groups is 1. The molecule has 2 heteroatoms. The van der Waals surface area contributed by atoms with Gasteiger partial charge in [-0.1, -0.05) is 0 Å². The average molecular weight is 99.2 g/mol. The third-order valence-corrected chi connectivity index (χ3v) is 1.48. The molecule has 6 heavy (non-hydrogen) atoms. The zero-order valence-electron chi connectivity index (χ0n) is 3.31. The SMILES string of the molecule is N#CC1(S)CC1. The van der Waals surface area contributed by atoms with Crippen LogP contribution < -0.4 is 0 Å². The van der Waals surface area contributed by atoms with E-state index >= 15 is 0 Å². The van der Waals surface area contributed by atoms with E-state index in [4.69, 9.17) is 5.26 Å². The first kappa shape index (κ1) is 4.01. The molecular formula is C4H5NS. The number of hydrogen-bond donors (Lipinski definition) is 1. The fraction of sp³-hybridized carbons (Fsp3) is 0.750. The Morgan fingerprint density at radius 1 is 1.67 bits per heavy atom. The summed E-state index contributed by atoms with van der Waals surface area (Å²) < 4.78 is -0.208. The molecule has 1 nitrogen and oxygen atoms in total. The number of nitrogens with zero attached hydrogens (tertiary/aromatic N) is 1. The number of rotatable bonds is 0. The Kier molecular flexibility index (Phi) is 0.611. The summed E-state index contributed by atoms with van der Waals surface area (Å²) in [7, 11) is 0. The summed E-state index contributed by atoms with van der Waals surface area (Å²) in [4.78, 5) is 0. The maximum absolute atomic E-state index is 8.14. The van der Waals surface area contributed by atoms with Crippen LogP contribution in [0.2, 0.25) is 0 Å². The van der Waals surface area contributed by atoms with Gasteiger partial charge in [-0.05, 0) is 12.8 Å². The van der Waals surface area contributed by atoms with Gasteiger partial charge in [-0.15, -0.1) is 0 Å². The van der Waals surface area contributed by atoms with Gasteiger partial charge in [-0.2, -0.15) is 17.9 Å². The van der Waals surface area contributed by atoms with Gasteiger partial charge < -0.3 is 0 Å². The van der Waals surface area contributed by atoms with Crippen LogP contribution in [-0.4, -0.2) is 4.75 Å². The molecule has 0 radical (unpaired) electrons. The van der Waals surface area contributed by atoms with Crippen molar-refractivity contribution in [1.29, 1.82) is 5.26 Å². The van der Waals surface area contributed by atoms with E-state index in [1.54, 1.807) is 0 Å². The van der Waals surface area contributed by atoms with Gasteiger partial charge in [0.15, 0.2) is 0 Å². The zero-order valence-corrected chi connectivity index (χ0v) is 4.20. The van der Waals surface area contributed by atoms with Crippen LogP contribution in [0.1, 0.15) is 12.8 Å². The first-order chi connectivity index (χ1) is 2.77. The van der Waals surface area contributed by atoms with Crippen molar-refractivity contribution in [2.24, 2.45) is 0 Å². The summed E-state index contributed by atoms with van der Waals surface area (Å²) in [5, 5.41) is 8.14. The monoisotopic (exact) mass is 99.0 g/mol. The van der Waals surface area contributed by atoms with E-state index < -0.39 is 0 Å². The van der Waals surface area contributed by atoms with E-state index in [1.165, 1.54) is 0 Å². The Morgan fingerprint density at radius 3 is 2.17 bits per heavy atom. The van der Waals surface area contributed by atoms with E-state index in [9.17, 15) is 0 Å². The van der Waals surface area contributed by atoms with E-state index in [0.717, 1.165) is 12.8 Å². The Balaban J connectivity index is 2.54. The molecule has 0 unspecified atom stereocenters. The van der Waals surface area contributed by atoms with Gasteiger partial charge in [0, 0.05) is 0 Å². The predicted molar refractivity (Wildman–Crippen MR) is 26.6 cm³/mol. The standard InChI is InChI=1S/C4H5NS/c5-3-4(6)1-2-4/h6H,1-2H2. The normalized spacial score (nSPS) is 25.3. The first-order valence-corrected chi connectivity index (χ1v) is 2.35. The van der Waals surface area contributed by atoms with Gasteiger partial charge in [0.2, 0.25) is 0 Å². The maximum atomic E-state index is 8.14. The molecule has 0 spiro atoms. The molecule has 0 amide bonds. The van der Waals surface area contributed by atoms with Crippen LogP contribution in [0, 0.1) is 11.3 Å².